The van der Waals surface area contributed by atoms with Gasteiger partial charge in [0.2, 0.25) is 5.95 Å². The second-order valence-corrected chi connectivity index (χ2v) is 3.75. The number of anilines is 1. The Bertz CT molecular complexity index is 469. The number of nitrogen functional groups attached to an aromatic ring is 1. The molecule has 2 rings (SSSR count). The highest BCUT2D eigenvalue weighted by Crippen LogP contribution is 2.11. The number of halogens is 2. The molecule has 0 bridgehead atoms. The molecule has 2 heterocycles. The van der Waals surface area contributed by atoms with Crippen molar-refractivity contribution < 1.29 is 4.39 Å². The summed E-state index contributed by atoms with van der Waals surface area (Å²) in [6.45, 7) is 0. The van der Waals surface area contributed by atoms with Crippen molar-refractivity contribution in [3.8, 4) is 5.82 Å². The van der Waals surface area contributed by atoms with Crippen LogP contribution in [0, 0.1) is 9.39 Å². The minimum absolute atomic E-state index is 0.0203. The Hall–Kier alpha value is -1.25. The predicted molar refractivity (Wildman–Crippen MR) is 56.2 cm³/mol. The van der Waals surface area contributed by atoms with E-state index in [1.165, 1.54) is 4.68 Å². The largest absolute Gasteiger partial charge is 0.368 e. The maximum Gasteiger partial charge on any atom is 0.222 e. The van der Waals surface area contributed by atoms with E-state index in [9.17, 15) is 4.39 Å². The lowest BCUT2D eigenvalue weighted by molar-refractivity contribution is 0.594. The lowest BCUT2D eigenvalue weighted by atomic mass is 10.5. The van der Waals surface area contributed by atoms with Gasteiger partial charge >= 0.3 is 0 Å². The molecule has 0 saturated carbocycles. The second kappa shape index (κ2) is 3.48. The third kappa shape index (κ3) is 1.67. The van der Waals surface area contributed by atoms with Gasteiger partial charge in [0.1, 0.15) is 0 Å². The monoisotopic (exact) mass is 305 g/mol. The molecule has 0 amide bonds. The highest BCUT2D eigenvalue weighted by atomic mass is 127. The lowest BCUT2D eigenvalue weighted by Gasteiger charge is -2.01. The molecule has 0 aromatic carbocycles. The van der Waals surface area contributed by atoms with Gasteiger partial charge in [-0.25, -0.2) is 14.1 Å². The van der Waals surface area contributed by atoms with Crippen LogP contribution in [0.5, 0.6) is 0 Å². The van der Waals surface area contributed by atoms with E-state index in [2.05, 4.69) is 37.7 Å². The van der Waals surface area contributed by atoms with Crippen molar-refractivity contribution in [1.82, 2.24) is 19.7 Å². The van der Waals surface area contributed by atoms with E-state index >= 15 is 0 Å². The van der Waals surface area contributed by atoms with Crippen LogP contribution in [0.25, 0.3) is 5.82 Å². The average Bonchev–Trinajstić information content (AvgIpc) is 2.56. The molecule has 0 aliphatic rings. The zero-order valence-corrected chi connectivity index (χ0v) is 9.01. The summed E-state index contributed by atoms with van der Waals surface area (Å²) in [7, 11) is 0. The highest BCUT2D eigenvalue weighted by molar-refractivity contribution is 14.1. The maximum absolute atomic E-state index is 13.2. The fourth-order valence-electron chi connectivity index (χ4n) is 0.949. The van der Waals surface area contributed by atoms with Gasteiger partial charge in [0.05, 0.1) is 16.0 Å². The van der Waals surface area contributed by atoms with Crippen LogP contribution in [0.15, 0.2) is 18.6 Å². The Balaban J connectivity index is 2.55. The lowest BCUT2D eigenvalue weighted by Crippen LogP contribution is -2.05. The fourth-order valence-corrected chi connectivity index (χ4v) is 1.34. The number of nitrogens with zero attached hydrogens (tertiary/aromatic N) is 4. The van der Waals surface area contributed by atoms with E-state index in [-0.39, 0.29) is 11.8 Å². The summed E-state index contributed by atoms with van der Waals surface area (Å²) in [5.41, 5.74) is 5.34. The van der Waals surface area contributed by atoms with Gasteiger partial charge in [0.25, 0.3) is 0 Å². The van der Waals surface area contributed by atoms with Crippen LogP contribution in [0.2, 0.25) is 0 Å². The fraction of sp³-hybridized carbons (Fsp3) is 0. The molecule has 2 aromatic heterocycles. The average molecular weight is 305 g/mol. The van der Waals surface area contributed by atoms with Gasteiger partial charge in [-0.2, -0.15) is 10.1 Å². The van der Waals surface area contributed by atoms with Crippen LogP contribution in [0.3, 0.4) is 0 Å². The van der Waals surface area contributed by atoms with Gasteiger partial charge in [0.15, 0.2) is 11.6 Å². The summed E-state index contributed by atoms with van der Waals surface area (Å²) in [4.78, 5) is 7.27. The first-order valence-electron chi connectivity index (χ1n) is 3.65. The number of hydrogen-bond acceptors (Lipinski definition) is 4. The third-order valence-corrected chi connectivity index (χ3v) is 2.07. The van der Waals surface area contributed by atoms with Crippen LogP contribution in [-0.2, 0) is 0 Å². The SMILES string of the molecule is Nc1ncc(F)c(-n2cc(I)cn2)n1. The Morgan fingerprint density at radius 2 is 2.21 bits per heavy atom. The number of rotatable bonds is 1. The van der Waals surface area contributed by atoms with E-state index in [0.717, 1.165) is 9.77 Å². The first-order valence-corrected chi connectivity index (χ1v) is 4.73. The zero-order chi connectivity index (χ0) is 10.1. The Morgan fingerprint density at radius 3 is 2.86 bits per heavy atom. The van der Waals surface area contributed by atoms with Crippen molar-refractivity contribution in [3.05, 3.63) is 28.0 Å². The summed E-state index contributed by atoms with van der Waals surface area (Å²) in [5.74, 6) is -0.481. The van der Waals surface area contributed by atoms with E-state index in [1.54, 1.807) is 12.4 Å². The molecule has 0 aliphatic carbocycles. The van der Waals surface area contributed by atoms with E-state index in [0.29, 0.717) is 0 Å². The Morgan fingerprint density at radius 1 is 1.43 bits per heavy atom. The molecule has 14 heavy (non-hydrogen) atoms. The number of hydrogen-bond donors (Lipinski definition) is 1. The van der Waals surface area contributed by atoms with Gasteiger partial charge in [-0.3, -0.25) is 0 Å². The molecule has 5 nitrogen and oxygen atoms in total. The first-order chi connectivity index (χ1) is 6.66. The standard InChI is InChI=1S/C7H5FIN5/c8-5-2-11-7(10)13-6(5)14-3-4(9)1-12-14/h1-3H,(H2,10,11,13). The molecule has 72 valence electrons. The summed E-state index contributed by atoms with van der Waals surface area (Å²) in [6.07, 6.45) is 4.26. The summed E-state index contributed by atoms with van der Waals surface area (Å²) in [5, 5.41) is 3.91. The van der Waals surface area contributed by atoms with Crippen LogP contribution in [0.1, 0.15) is 0 Å². The van der Waals surface area contributed by atoms with Gasteiger partial charge in [-0.15, -0.1) is 0 Å². The second-order valence-electron chi connectivity index (χ2n) is 2.50. The molecule has 2 N–H and O–H groups in total. The zero-order valence-electron chi connectivity index (χ0n) is 6.85. The van der Waals surface area contributed by atoms with Crippen LogP contribution >= 0.6 is 22.6 Å². The van der Waals surface area contributed by atoms with Crippen molar-refractivity contribution in [1.29, 1.82) is 0 Å². The summed E-state index contributed by atoms with van der Waals surface area (Å²) < 4.78 is 15.4. The molecular weight excluding hydrogens is 300 g/mol. The molecule has 0 unspecified atom stereocenters. The van der Waals surface area contributed by atoms with Crippen molar-refractivity contribution in [2.75, 3.05) is 5.73 Å². The third-order valence-electron chi connectivity index (χ3n) is 1.51. The van der Waals surface area contributed by atoms with E-state index in [4.69, 9.17) is 5.73 Å². The first kappa shape index (κ1) is 9.31. The van der Waals surface area contributed by atoms with Crippen molar-refractivity contribution in [3.63, 3.8) is 0 Å². The molecule has 0 fully saturated rings. The Kier molecular flexibility index (Phi) is 2.32. The van der Waals surface area contributed by atoms with Crippen molar-refractivity contribution >= 4 is 28.5 Å². The summed E-state index contributed by atoms with van der Waals surface area (Å²) in [6, 6.07) is 0. The van der Waals surface area contributed by atoms with Crippen LogP contribution < -0.4 is 5.73 Å². The molecule has 0 saturated heterocycles. The van der Waals surface area contributed by atoms with Gasteiger partial charge in [-0.05, 0) is 22.6 Å². The van der Waals surface area contributed by atoms with Gasteiger partial charge in [0, 0.05) is 6.20 Å². The van der Waals surface area contributed by atoms with E-state index < -0.39 is 5.82 Å². The predicted octanol–water partition coefficient (Wildman–Crippen LogP) is 0.988. The Labute approximate surface area is 92.3 Å². The van der Waals surface area contributed by atoms with Crippen LogP contribution in [0.4, 0.5) is 10.3 Å². The van der Waals surface area contributed by atoms with Crippen molar-refractivity contribution in [2.45, 2.75) is 0 Å². The topological polar surface area (TPSA) is 69.6 Å². The molecule has 2 aromatic rings. The number of nitrogens with two attached hydrogens (primary N) is 1. The molecule has 0 aliphatic heterocycles. The van der Waals surface area contributed by atoms with Gasteiger partial charge < -0.3 is 5.73 Å². The molecule has 7 heteroatoms. The highest BCUT2D eigenvalue weighted by Gasteiger charge is 2.08. The smallest absolute Gasteiger partial charge is 0.222 e. The normalized spacial score (nSPS) is 10.4. The quantitative estimate of drug-likeness (QED) is 0.798. The molecule has 0 atom stereocenters. The number of aromatic nitrogens is 4. The minimum atomic E-state index is -0.557. The van der Waals surface area contributed by atoms with Gasteiger partial charge in [-0.1, -0.05) is 0 Å². The van der Waals surface area contributed by atoms with Crippen molar-refractivity contribution in [2.24, 2.45) is 0 Å². The summed E-state index contributed by atoms with van der Waals surface area (Å²) >= 11 is 2.07. The maximum atomic E-state index is 13.2. The minimum Gasteiger partial charge on any atom is -0.368 e. The van der Waals surface area contributed by atoms with Crippen LogP contribution in [-0.4, -0.2) is 19.7 Å². The molecule has 0 radical (unpaired) electrons. The molecular formula is C7H5FIN5. The van der Waals surface area contributed by atoms with E-state index in [1.807, 2.05) is 0 Å². The molecule has 0 spiro atoms.